The highest BCUT2D eigenvalue weighted by Gasteiger charge is 2.10. The first-order valence-electron chi connectivity index (χ1n) is 7.14. The summed E-state index contributed by atoms with van der Waals surface area (Å²) in [5.41, 5.74) is 1.84. The van der Waals surface area contributed by atoms with E-state index in [1.54, 1.807) is 14.2 Å². The standard InChI is InChI=1S/C17H17N3O3/c1-21-14-8-5-7-12(10-14)16-19-17(23-20-16)18-11-13-6-3-4-9-15(13)22-2/h3-10H,11H2,1-2H3,(H,18,19,20). The first kappa shape index (κ1) is 14.9. The molecule has 0 unspecified atom stereocenters. The minimum absolute atomic E-state index is 0.355. The van der Waals surface area contributed by atoms with Gasteiger partial charge in [-0.1, -0.05) is 35.5 Å². The van der Waals surface area contributed by atoms with Crippen LogP contribution in [0.4, 0.5) is 6.01 Å². The zero-order chi connectivity index (χ0) is 16.1. The molecule has 118 valence electrons. The number of hydrogen-bond acceptors (Lipinski definition) is 6. The summed E-state index contributed by atoms with van der Waals surface area (Å²) in [6, 6.07) is 15.6. The molecular formula is C17H17N3O3. The van der Waals surface area contributed by atoms with Gasteiger partial charge in [0.2, 0.25) is 5.82 Å². The number of nitrogens with zero attached hydrogens (tertiary/aromatic N) is 2. The minimum Gasteiger partial charge on any atom is -0.497 e. The number of para-hydroxylation sites is 1. The summed E-state index contributed by atoms with van der Waals surface area (Å²) in [6.45, 7) is 0.532. The molecule has 0 aliphatic heterocycles. The van der Waals surface area contributed by atoms with Gasteiger partial charge in [-0.05, 0) is 18.2 Å². The average molecular weight is 311 g/mol. The number of aromatic nitrogens is 2. The van der Waals surface area contributed by atoms with E-state index in [9.17, 15) is 0 Å². The second-order valence-electron chi connectivity index (χ2n) is 4.82. The summed E-state index contributed by atoms with van der Waals surface area (Å²) in [5.74, 6) is 2.06. The van der Waals surface area contributed by atoms with E-state index in [0.29, 0.717) is 18.4 Å². The summed E-state index contributed by atoms with van der Waals surface area (Å²) in [7, 11) is 3.27. The molecule has 0 spiro atoms. The fraction of sp³-hybridized carbons (Fsp3) is 0.176. The molecule has 23 heavy (non-hydrogen) atoms. The Labute approximate surface area is 134 Å². The Hall–Kier alpha value is -3.02. The summed E-state index contributed by atoms with van der Waals surface area (Å²) in [4.78, 5) is 4.34. The zero-order valence-corrected chi connectivity index (χ0v) is 12.9. The van der Waals surface area contributed by atoms with E-state index in [4.69, 9.17) is 14.0 Å². The van der Waals surface area contributed by atoms with Gasteiger partial charge in [0, 0.05) is 17.7 Å². The first-order valence-corrected chi connectivity index (χ1v) is 7.14. The lowest BCUT2D eigenvalue weighted by molar-refractivity contribution is 0.409. The molecular weight excluding hydrogens is 294 g/mol. The topological polar surface area (TPSA) is 69.4 Å². The van der Waals surface area contributed by atoms with Crippen LogP contribution >= 0.6 is 0 Å². The van der Waals surface area contributed by atoms with Crippen LogP contribution in [0.3, 0.4) is 0 Å². The summed E-state index contributed by atoms with van der Waals surface area (Å²) in [5, 5.41) is 7.08. The lowest BCUT2D eigenvalue weighted by Crippen LogP contribution is -2.01. The number of anilines is 1. The molecule has 1 aromatic heterocycles. The van der Waals surface area contributed by atoms with E-state index in [1.807, 2.05) is 48.5 Å². The van der Waals surface area contributed by atoms with Gasteiger partial charge in [0.15, 0.2) is 0 Å². The van der Waals surface area contributed by atoms with E-state index in [-0.39, 0.29) is 0 Å². The molecule has 3 aromatic rings. The van der Waals surface area contributed by atoms with Crippen LogP contribution in [0.15, 0.2) is 53.1 Å². The lowest BCUT2D eigenvalue weighted by Gasteiger charge is -2.07. The molecule has 0 saturated carbocycles. The van der Waals surface area contributed by atoms with Crippen LogP contribution in [0.25, 0.3) is 11.4 Å². The van der Waals surface area contributed by atoms with E-state index in [2.05, 4.69) is 15.5 Å². The third-order valence-corrected chi connectivity index (χ3v) is 3.38. The van der Waals surface area contributed by atoms with Crippen molar-refractivity contribution in [3.05, 3.63) is 54.1 Å². The maximum absolute atomic E-state index is 5.31. The maximum Gasteiger partial charge on any atom is 0.322 e. The highest BCUT2D eigenvalue weighted by atomic mass is 16.5. The van der Waals surface area contributed by atoms with Crippen molar-refractivity contribution in [2.24, 2.45) is 0 Å². The van der Waals surface area contributed by atoms with Crippen LogP contribution < -0.4 is 14.8 Å². The number of benzene rings is 2. The van der Waals surface area contributed by atoms with Crippen molar-refractivity contribution in [1.82, 2.24) is 10.1 Å². The van der Waals surface area contributed by atoms with Crippen LogP contribution in [-0.4, -0.2) is 24.4 Å². The van der Waals surface area contributed by atoms with Gasteiger partial charge in [-0.3, -0.25) is 0 Å². The maximum atomic E-state index is 5.31. The quantitative estimate of drug-likeness (QED) is 0.752. The fourth-order valence-electron chi connectivity index (χ4n) is 2.19. The van der Waals surface area contributed by atoms with Gasteiger partial charge >= 0.3 is 6.01 Å². The second kappa shape index (κ2) is 6.83. The van der Waals surface area contributed by atoms with Crippen LogP contribution in [0.1, 0.15) is 5.56 Å². The van der Waals surface area contributed by atoms with Gasteiger partial charge in [-0.25, -0.2) is 0 Å². The molecule has 0 atom stereocenters. The third kappa shape index (κ3) is 3.42. The molecule has 2 aromatic carbocycles. The second-order valence-corrected chi connectivity index (χ2v) is 4.82. The van der Waals surface area contributed by atoms with Crippen LogP contribution in [0, 0.1) is 0 Å². The molecule has 3 rings (SSSR count). The predicted octanol–water partition coefficient (Wildman–Crippen LogP) is 3.37. The monoisotopic (exact) mass is 311 g/mol. The van der Waals surface area contributed by atoms with Crippen molar-refractivity contribution in [3.63, 3.8) is 0 Å². The molecule has 0 aliphatic carbocycles. The van der Waals surface area contributed by atoms with E-state index >= 15 is 0 Å². The van der Waals surface area contributed by atoms with Crippen molar-refractivity contribution in [2.45, 2.75) is 6.54 Å². The molecule has 0 aliphatic rings. The predicted molar refractivity (Wildman–Crippen MR) is 86.6 cm³/mol. The Kier molecular flexibility index (Phi) is 4.42. The van der Waals surface area contributed by atoms with Crippen molar-refractivity contribution in [3.8, 4) is 22.9 Å². The van der Waals surface area contributed by atoms with E-state index < -0.39 is 0 Å². The molecule has 0 amide bonds. The zero-order valence-electron chi connectivity index (χ0n) is 12.9. The lowest BCUT2D eigenvalue weighted by atomic mass is 10.2. The highest BCUT2D eigenvalue weighted by molar-refractivity contribution is 5.58. The first-order chi connectivity index (χ1) is 11.3. The van der Waals surface area contributed by atoms with Crippen LogP contribution in [-0.2, 0) is 6.54 Å². The van der Waals surface area contributed by atoms with Crippen molar-refractivity contribution < 1.29 is 14.0 Å². The van der Waals surface area contributed by atoms with Gasteiger partial charge in [0.25, 0.3) is 0 Å². The molecule has 0 radical (unpaired) electrons. The Morgan fingerprint density at radius 3 is 2.74 bits per heavy atom. The molecule has 0 saturated heterocycles. The summed E-state index contributed by atoms with van der Waals surface area (Å²) in [6.07, 6.45) is 0. The largest absolute Gasteiger partial charge is 0.497 e. The summed E-state index contributed by atoms with van der Waals surface area (Å²) >= 11 is 0. The van der Waals surface area contributed by atoms with Crippen molar-refractivity contribution in [1.29, 1.82) is 0 Å². The number of nitrogens with one attached hydrogen (secondary N) is 1. The van der Waals surface area contributed by atoms with E-state index in [0.717, 1.165) is 22.6 Å². The molecule has 6 nitrogen and oxygen atoms in total. The molecule has 1 heterocycles. The molecule has 1 N–H and O–H groups in total. The highest BCUT2D eigenvalue weighted by Crippen LogP contribution is 2.23. The van der Waals surface area contributed by atoms with Crippen molar-refractivity contribution in [2.75, 3.05) is 19.5 Å². The van der Waals surface area contributed by atoms with Gasteiger partial charge in [-0.15, -0.1) is 0 Å². The van der Waals surface area contributed by atoms with Gasteiger partial charge in [0.1, 0.15) is 11.5 Å². The number of methoxy groups -OCH3 is 2. The minimum atomic E-state index is 0.355. The normalized spacial score (nSPS) is 10.3. The van der Waals surface area contributed by atoms with Crippen molar-refractivity contribution >= 4 is 6.01 Å². The number of rotatable bonds is 6. The van der Waals surface area contributed by atoms with Gasteiger partial charge < -0.3 is 19.3 Å². The number of hydrogen-bond donors (Lipinski definition) is 1. The molecule has 6 heteroatoms. The smallest absolute Gasteiger partial charge is 0.322 e. The Balaban J connectivity index is 1.72. The Morgan fingerprint density at radius 2 is 1.91 bits per heavy atom. The Morgan fingerprint density at radius 1 is 1.04 bits per heavy atom. The molecule has 0 bridgehead atoms. The Bertz CT molecular complexity index is 786. The summed E-state index contributed by atoms with van der Waals surface area (Å²) < 4.78 is 15.7. The van der Waals surface area contributed by atoms with Gasteiger partial charge in [0.05, 0.1) is 14.2 Å². The van der Waals surface area contributed by atoms with Crippen LogP contribution in [0.2, 0.25) is 0 Å². The average Bonchev–Trinajstić information content (AvgIpc) is 3.09. The SMILES string of the molecule is COc1cccc(-c2noc(NCc3ccccc3OC)n2)c1. The fourth-order valence-corrected chi connectivity index (χ4v) is 2.19. The van der Waals surface area contributed by atoms with E-state index in [1.165, 1.54) is 0 Å². The number of ether oxygens (including phenoxy) is 2. The third-order valence-electron chi connectivity index (χ3n) is 3.38. The van der Waals surface area contributed by atoms with Crippen LogP contribution in [0.5, 0.6) is 11.5 Å². The molecule has 0 fully saturated rings. The van der Waals surface area contributed by atoms with Gasteiger partial charge in [-0.2, -0.15) is 4.98 Å².